The third-order valence-corrected chi connectivity index (χ3v) is 4.79. The number of aromatic nitrogens is 1. The first-order valence-corrected chi connectivity index (χ1v) is 8.52. The minimum absolute atomic E-state index is 0.00326. The number of piperidine rings is 1. The number of thiazole rings is 1. The van der Waals surface area contributed by atoms with E-state index in [0.717, 1.165) is 18.0 Å². The molecule has 0 saturated carbocycles. The molecule has 118 valence electrons. The molecule has 0 aromatic carbocycles. The molecule has 1 fully saturated rings. The first-order chi connectivity index (χ1) is 10.2. The number of aliphatic hydroxyl groups excluding tert-OH is 1. The van der Waals surface area contributed by atoms with Gasteiger partial charge in [0.25, 0.3) is 0 Å². The molecule has 0 aliphatic carbocycles. The fraction of sp³-hybridized carbons (Fsp3) is 0.733. The Hall–Kier alpha value is -0.980. The highest BCUT2D eigenvalue weighted by atomic mass is 32.1. The third-order valence-electron chi connectivity index (χ3n) is 4.02. The SMILES string of the molecule is CN1CCCC(CCC(=O)N(CCO)Cc2nccs2)C1. The van der Waals surface area contributed by atoms with Crippen LogP contribution in [0.1, 0.15) is 30.7 Å². The molecule has 1 N–H and O–H groups in total. The molecule has 1 atom stereocenters. The zero-order valence-corrected chi connectivity index (χ0v) is 13.5. The van der Waals surface area contributed by atoms with E-state index in [9.17, 15) is 4.79 Å². The summed E-state index contributed by atoms with van der Waals surface area (Å²) in [5.74, 6) is 0.760. The lowest BCUT2D eigenvalue weighted by atomic mass is 9.93. The molecule has 21 heavy (non-hydrogen) atoms. The average molecular weight is 311 g/mol. The van der Waals surface area contributed by atoms with Crippen molar-refractivity contribution in [2.24, 2.45) is 5.92 Å². The molecule has 6 heteroatoms. The van der Waals surface area contributed by atoms with Crippen LogP contribution in [0, 0.1) is 5.92 Å². The number of likely N-dealkylation sites (tertiary alicyclic amines) is 1. The van der Waals surface area contributed by atoms with Gasteiger partial charge in [0, 0.05) is 31.1 Å². The summed E-state index contributed by atoms with van der Waals surface area (Å²) >= 11 is 1.55. The molecule has 0 radical (unpaired) electrons. The maximum Gasteiger partial charge on any atom is 0.223 e. The van der Waals surface area contributed by atoms with Crippen LogP contribution in [0.15, 0.2) is 11.6 Å². The lowest BCUT2D eigenvalue weighted by Crippen LogP contribution is -2.35. The molecule has 5 nitrogen and oxygen atoms in total. The van der Waals surface area contributed by atoms with Crippen molar-refractivity contribution in [2.45, 2.75) is 32.2 Å². The minimum atomic E-state index is 0.00326. The zero-order valence-electron chi connectivity index (χ0n) is 12.7. The van der Waals surface area contributed by atoms with Gasteiger partial charge in [-0.05, 0) is 38.8 Å². The first-order valence-electron chi connectivity index (χ1n) is 7.64. The summed E-state index contributed by atoms with van der Waals surface area (Å²) in [6.45, 7) is 3.18. The van der Waals surface area contributed by atoms with Crippen LogP contribution in [0.3, 0.4) is 0 Å². The quantitative estimate of drug-likeness (QED) is 0.831. The number of carbonyl (C=O) groups is 1. The van der Waals surface area contributed by atoms with Crippen LogP contribution in [0.25, 0.3) is 0 Å². The predicted molar refractivity (Wildman–Crippen MR) is 84.1 cm³/mol. The van der Waals surface area contributed by atoms with Crippen LogP contribution in [0.2, 0.25) is 0 Å². The highest BCUT2D eigenvalue weighted by Crippen LogP contribution is 2.20. The molecule has 2 heterocycles. The molecule has 1 aromatic rings. The van der Waals surface area contributed by atoms with E-state index in [1.54, 1.807) is 22.4 Å². The Kier molecular flexibility index (Phi) is 6.60. The lowest BCUT2D eigenvalue weighted by molar-refractivity contribution is -0.132. The minimum Gasteiger partial charge on any atom is -0.395 e. The van der Waals surface area contributed by atoms with Crippen LogP contribution in [-0.2, 0) is 11.3 Å². The number of hydrogen-bond donors (Lipinski definition) is 1. The van der Waals surface area contributed by atoms with Gasteiger partial charge < -0.3 is 14.9 Å². The number of amides is 1. The molecule has 2 rings (SSSR count). The van der Waals surface area contributed by atoms with E-state index in [1.807, 2.05) is 5.38 Å². The lowest BCUT2D eigenvalue weighted by Gasteiger charge is -2.30. The molecular weight excluding hydrogens is 286 g/mol. The second kappa shape index (κ2) is 8.46. The summed E-state index contributed by atoms with van der Waals surface area (Å²) in [6, 6.07) is 0. The highest BCUT2D eigenvalue weighted by Gasteiger charge is 2.20. The zero-order chi connectivity index (χ0) is 15.1. The highest BCUT2D eigenvalue weighted by molar-refractivity contribution is 7.09. The van der Waals surface area contributed by atoms with Gasteiger partial charge in [-0.3, -0.25) is 4.79 Å². The molecule has 0 spiro atoms. The number of aliphatic hydroxyl groups is 1. The topological polar surface area (TPSA) is 56.7 Å². The van der Waals surface area contributed by atoms with Gasteiger partial charge in [-0.15, -0.1) is 11.3 Å². The van der Waals surface area contributed by atoms with E-state index in [0.29, 0.717) is 25.4 Å². The Morgan fingerprint density at radius 2 is 2.48 bits per heavy atom. The maximum atomic E-state index is 12.4. The predicted octanol–water partition coefficient (Wildman–Crippen LogP) is 1.59. The van der Waals surface area contributed by atoms with Gasteiger partial charge >= 0.3 is 0 Å². The molecule has 1 saturated heterocycles. The molecular formula is C15H25N3O2S. The fourth-order valence-corrected chi connectivity index (χ4v) is 3.53. The average Bonchev–Trinajstić information content (AvgIpc) is 2.97. The number of carbonyl (C=O) groups excluding carboxylic acids is 1. The van der Waals surface area contributed by atoms with Gasteiger partial charge in [-0.25, -0.2) is 4.98 Å². The summed E-state index contributed by atoms with van der Waals surface area (Å²) in [4.78, 5) is 20.7. The van der Waals surface area contributed by atoms with Gasteiger partial charge in [0.15, 0.2) is 0 Å². The van der Waals surface area contributed by atoms with Gasteiger partial charge in [0.05, 0.1) is 13.2 Å². The normalized spacial score (nSPS) is 19.6. The summed E-state index contributed by atoms with van der Waals surface area (Å²) in [5, 5.41) is 12.0. The van der Waals surface area contributed by atoms with E-state index in [4.69, 9.17) is 5.11 Å². The van der Waals surface area contributed by atoms with E-state index in [2.05, 4.69) is 16.9 Å². The summed E-state index contributed by atoms with van der Waals surface area (Å²) in [7, 11) is 2.15. The monoisotopic (exact) mass is 311 g/mol. The van der Waals surface area contributed by atoms with Gasteiger partial charge in [0.1, 0.15) is 5.01 Å². The number of rotatable bonds is 7. The molecule has 1 unspecified atom stereocenters. The molecule has 0 bridgehead atoms. The standard InChI is InChI=1S/C15H25N3O2S/c1-17-7-2-3-13(11-17)4-5-15(20)18(8-9-19)12-14-16-6-10-21-14/h6,10,13,19H,2-5,7-9,11-12H2,1H3. The smallest absolute Gasteiger partial charge is 0.223 e. The van der Waals surface area contributed by atoms with Crippen LogP contribution in [0.4, 0.5) is 0 Å². The molecule has 1 amide bonds. The van der Waals surface area contributed by atoms with E-state index in [1.165, 1.54) is 19.4 Å². The van der Waals surface area contributed by atoms with Gasteiger partial charge in [0.2, 0.25) is 5.91 Å². The summed E-state index contributed by atoms with van der Waals surface area (Å²) < 4.78 is 0. The Morgan fingerprint density at radius 3 is 3.14 bits per heavy atom. The maximum absolute atomic E-state index is 12.4. The van der Waals surface area contributed by atoms with E-state index < -0.39 is 0 Å². The largest absolute Gasteiger partial charge is 0.395 e. The second-order valence-electron chi connectivity index (χ2n) is 5.77. The molecule has 1 aliphatic heterocycles. The van der Waals surface area contributed by atoms with E-state index in [-0.39, 0.29) is 12.5 Å². The summed E-state index contributed by atoms with van der Waals surface area (Å²) in [6.07, 6.45) is 5.73. The Morgan fingerprint density at radius 1 is 1.62 bits per heavy atom. The number of nitrogens with zero attached hydrogens (tertiary/aromatic N) is 3. The third kappa shape index (κ3) is 5.37. The molecule has 1 aliphatic rings. The Labute approximate surface area is 130 Å². The fourth-order valence-electron chi connectivity index (χ4n) is 2.90. The van der Waals surface area contributed by atoms with E-state index >= 15 is 0 Å². The van der Waals surface area contributed by atoms with Crippen molar-refractivity contribution in [3.63, 3.8) is 0 Å². The van der Waals surface area contributed by atoms with Crippen molar-refractivity contribution in [3.8, 4) is 0 Å². The Balaban J connectivity index is 1.80. The van der Waals surface area contributed by atoms with Crippen LogP contribution >= 0.6 is 11.3 Å². The number of hydrogen-bond acceptors (Lipinski definition) is 5. The van der Waals surface area contributed by atoms with Crippen LogP contribution in [-0.4, -0.2) is 59.1 Å². The van der Waals surface area contributed by atoms with Crippen molar-refractivity contribution in [3.05, 3.63) is 16.6 Å². The van der Waals surface area contributed by atoms with Crippen molar-refractivity contribution in [1.82, 2.24) is 14.8 Å². The van der Waals surface area contributed by atoms with Crippen molar-refractivity contribution in [1.29, 1.82) is 0 Å². The first kappa shape index (κ1) is 16.4. The summed E-state index contributed by atoms with van der Waals surface area (Å²) in [5.41, 5.74) is 0. The van der Waals surface area contributed by atoms with Crippen LogP contribution in [0.5, 0.6) is 0 Å². The van der Waals surface area contributed by atoms with Gasteiger partial charge in [-0.2, -0.15) is 0 Å². The Bertz CT molecular complexity index is 425. The molecule has 1 aromatic heterocycles. The van der Waals surface area contributed by atoms with Crippen molar-refractivity contribution < 1.29 is 9.90 Å². The van der Waals surface area contributed by atoms with Crippen molar-refractivity contribution in [2.75, 3.05) is 33.3 Å². The van der Waals surface area contributed by atoms with Gasteiger partial charge in [-0.1, -0.05) is 0 Å². The van der Waals surface area contributed by atoms with Crippen LogP contribution < -0.4 is 0 Å². The van der Waals surface area contributed by atoms with Crippen molar-refractivity contribution >= 4 is 17.2 Å². The second-order valence-corrected chi connectivity index (χ2v) is 6.75.